The number of halogens is 6. The molecule has 0 aromatic heterocycles. The van der Waals surface area contributed by atoms with Gasteiger partial charge in [0.05, 0.1) is 11.1 Å². The summed E-state index contributed by atoms with van der Waals surface area (Å²) in [5.41, 5.74) is 1.54. The van der Waals surface area contributed by atoms with Crippen LogP contribution in [0.4, 0.5) is 43.4 Å². The predicted molar refractivity (Wildman–Crippen MR) is 235 cm³/mol. The number of aryl methyl sites for hydroxylation is 1. The van der Waals surface area contributed by atoms with Crippen LogP contribution in [0.1, 0.15) is 76.3 Å². The molecule has 0 atom stereocenters. The normalized spacial score (nSPS) is 15.7. The van der Waals surface area contributed by atoms with Crippen molar-refractivity contribution in [1.82, 2.24) is 19.6 Å². The lowest BCUT2D eigenvalue weighted by atomic mass is 10.0. The fourth-order valence-corrected chi connectivity index (χ4v) is 6.45. The monoisotopic (exact) mass is 878 g/mol. The van der Waals surface area contributed by atoms with Crippen molar-refractivity contribution in [2.45, 2.75) is 80.8 Å². The van der Waals surface area contributed by atoms with Gasteiger partial charge in [0.1, 0.15) is 0 Å². The smallest absolute Gasteiger partial charge is 0.326 e. The first-order valence-electron chi connectivity index (χ1n) is 21.2. The van der Waals surface area contributed by atoms with E-state index in [0.717, 1.165) is 82.3 Å². The highest BCUT2D eigenvalue weighted by atomic mass is 19.4. The number of carbonyl (C=O) groups excluding carboxylic acids is 3. The SMILES string of the molecule is CC(C)C(=O)Nc1ccc(CN2CCN(C)CC2)c(C(F)(F)F)c1.CCN1CCN(Cc2ccc(NC(=O)C(C)C)cc2C(F)(F)F)CC1.Cc1cccc(NC(=O)C(C)C)c1. The number of rotatable bonds is 11. The van der Waals surface area contributed by atoms with Crippen LogP contribution in [-0.4, -0.2) is 103 Å². The third kappa shape index (κ3) is 17.3. The Labute approximate surface area is 363 Å². The van der Waals surface area contributed by atoms with Gasteiger partial charge in [0.15, 0.2) is 0 Å². The highest BCUT2D eigenvalue weighted by Gasteiger charge is 2.35. The van der Waals surface area contributed by atoms with Crippen LogP contribution < -0.4 is 16.0 Å². The minimum absolute atomic E-state index is 0.0283. The Morgan fingerprint density at radius 3 is 1.24 bits per heavy atom. The average Bonchev–Trinajstić information content (AvgIpc) is 3.19. The number of alkyl halides is 6. The van der Waals surface area contributed by atoms with Gasteiger partial charge >= 0.3 is 12.4 Å². The van der Waals surface area contributed by atoms with Gasteiger partial charge in [-0.25, -0.2) is 0 Å². The highest BCUT2D eigenvalue weighted by Crippen LogP contribution is 2.36. The van der Waals surface area contributed by atoms with E-state index in [-0.39, 0.29) is 71.1 Å². The van der Waals surface area contributed by atoms with Crippen LogP contribution in [0.3, 0.4) is 0 Å². The van der Waals surface area contributed by atoms with Crippen molar-refractivity contribution in [2.24, 2.45) is 17.8 Å². The molecular weight excluding hydrogens is 813 g/mol. The molecule has 2 heterocycles. The van der Waals surface area contributed by atoms with Crippen molar-refractivity contribution in [3.05, 3.63) is 88.5 Å². The van der Waals surface area contributed by atoms with Gasteiger partial charge in [0, 0.05) is 100 Å². The first-order valence-corrected chi connectivity index (χ1v) is 21.2. The minimum Gasteiger partial charge on any atom is -0.326 e. The van der Waals surface area contributed by atoms with E-state index >= 15 is 0 Å². The number of anilines is 3. The van der Waals surface area contributed by atoms with Crippen LogP contribution in [0.15, 0.2) is 60.7 Å². The van der Waals surface area contributed by atoms with Crippen molar-refractivity contribution in [3.8, 4) is 0 Å². The zero-order valence-corrected chi connectivity index (χ0v) is 37.6. The number of nitrogens with one attached hydrogen (secondary N) is 3. The molecule has 344 valence electrons. The van der Waals surface area contributed by atoms with Crippen LogP contribution in [0, 0.1) is 24.7 Å². The molecule has 0 unspecified atom stereocenters. The maximum Gasteiger partial charge on any atom is 0.416 e. The Balaban J connectivity index is 0.000000260. The Morgan fingerprint density at radius 1 is 0.548 bits per heavy atom. The van der Waals surface area contributed by atoms with Crippen LogP contribution >= 0.6 is 0 Å². The summed E-state index contributed by atoms with van der Waals surface area (Å²) in [6, 6.07) is 15.9. The Kier molecular flexibility index (Phi) is 19.9. The number of amides is 3. The Hall–Kier alpha value is -4.51. The summed E-state index contributed by atoms with van der Waals surface area (Å²) in [5.74, 6) is -1.08. The topological polar surface area (TPSA) is 100 Å². The molecule has 2 aliphatic rings. The molecule has 0 radical (unpaired) electrons. The van der Waals surface area contributed by atoms with Gasteiger partial charge < -0.3 is 25.8 Å². The summed E-state index contributed by atoms with van der Waals surface area (Å²) in [6.07, 6.45) is -8.89. The molecule has 2 saturated heterocycles. The number of piperazine rings is 2. The molecule has 2 fully saturated rings. The molecule has 3 aromatic carbocycles. The zero-order chi connectivity index (χ0) is 46.4. The van der Waals surface area contributed by atoms with E-state index in [1.807, 2.05) is 61.9 Å². The lowest BCUT2D eigenvalue weighted by Crippen LogP contribution is -2.45. The summed E-state index contributed by atoms with van der Waals surface area (Å²) >= 11 is 0. The van der Waals surface area contributed by atoms with Gasteiger partial charge in [0.25, 0.3) is 0 Å². The lowest BCUT2D eigenvalue weighted by molar-refractivity contribution is -0.139. The van der Waals surface area contributed by atoms with Crippen LogP contribution in [-0.2, 0) is 39.8 Å². The van der Waals surface area contributed by atoms with Crippen molar-refractivity contribution >= 4 is 34.8 Å². The Morgan fingerprint density at radius 2 is 0.903 bits per heavy atom. The van der Waals surface area contributed by atoms with E-state index in [0.29, 0.717) is 0 Å². The summed E-state index contributed by atoms with van der Waals surface area (Å²) in [5, 5.41) is 7.91. The summed E-state index contributed by atoms with van der Waals surface area (Å²) in [7, 11) is 2.00. The number of nitrogens with zero attached hydrogens (tertiary/aromatic N) is 4. The average molecular weight is 878 g/mol. The van der Waals surface area contributed by atoms with Gasteiger partial charge in [-0.05, 0) is 73.6 Å². The van der Waals surface area contributed by atoms with E-state index < -0.39 is 23.5 Å². The van der Waals surface area contributed by atoms with Crippen molar-refractivity contribution < 1.29 is 40.7 Å². The van der Waals surface area contributed by atoms with E-state index in [9.17, 15) is 40.7 Å². The first kappa shape index (κ1) is 51.8. The maximum atomic E-state index is 13.5. The second-order valence-electron chi connectivity index (χ2n) is 16.8. The third-order valence-corrected chi connectivity index (χ3v) is 10.5. The molecule has 2 aliphatic heterocycles. The molecular formula is C46H65F6N7O3. The molecule has 0 spiro atoms. The summed E-state index contributed by atoms with van der Waals surface area (Å²) in [6.45, 7) is 22.6. The second kappa shape index (κ2) is 23.8. The number of benzene rings is 3. The number of hydrogen-bond acceptors (Lipinski definition) is 7. The molecule has 16 heteroatoms. The molecule has 5 rings (SSSR count). The maximum absolute atomic E-state index is 13.5. The van der Waals surface area contributed by atoms with E-state index in [1.165, 1.54) is 12.1 Å². The zero-order valence-electron chi connectivity index (χ0n) is 37.6. The molecule has 3 amide bonds. The molecule has 62 heavy (non-hydrogen) atoms. The van der Waals surface area contributed by atoms with Gasteiger partial charge in [-0.3, -0.25) is 24.2 Å². The first-order chi connectivity index (χ1) is 29.0. The van der Waals surface area contributed by atoms with Gasteiger partial charge in [-0.1, -0.05) is 72.7 Å². The highest BCUT2D eigenvalue weighted by molar-refractivity contribution is 5.93. The molecule has 3 aromatic rings. The van der Waals surface area contributed by atoms with Crippen molar-refractivity contribution in [1.29, 1.82) is 0 Å². The number of hydrogen-bond donors (Lipinski definition) is 3. The van der Waals surface area contributed by atoms with Crippen molar-refractivity contribution in [3.63, 3.8) is 0 Å². The largest absolute Gasteiger partial charge is 0.416 e. The van der Waals surface area contributed by atoms with E-state index in [1.54, 1.807) is 39.8 Å². The van der Waals surface area contributed by atoms with Crippen LogP contribution in [0.5, 0.6) is 0 Å². The molecule has 3 N–H and O–H groups in total. The molecule has 0 saturated carbocycles. The summed E-state index contributed by atoms with van der Waals surface area (Å²) in [4.78, 5) is 43.3. The quantitative estimate of drug-likeness (QED) is 0.166. The van der Waals surface area contributed by atoms with E-state index in [2.05, 4.69) is 32.7 Å². The molecule has 10 nitrogen and oxygen atoms in total. The lowest BCUT2D eigenvalue weighted by Gasteiger charge is -2.34. The Bertz CT molecular complexity index is 1900. The predicted octanol–water partition coefficient (Wildman–Crippen LogP) is 9.07. The third-order valence-electron chi connectivity index (χ3n) is 10.5. The fraction of sp³-hybridized carbons (Fsp3) is 0.543. The van der Waals surface area contributed by atoms with Crippen molar-refractivity contribution in [2.75, 3.05) is 81.9 Å². The second-order valence-corrected chi connectivity index (χ2v) is 16.8. The van der Waals surface area contributed by atoms with E-state index in [4.69, 9.17) is 0 Å². The summed E-state index contributed by atoms with van der Waals surface area (Å²) < 4.78 is 80.6. The van der Waals surface area contributed by atoms with Crippen LogP contribution in [0.25, 0.3) is 0 Å². The number of likely N-dealkylation sites (N-methyl/N-ethyl adjacent to an activating group) is 2. The van der Waals surface area contributed by atoms with Gasteiger partial charge in [0.2, 0.25) is 17.7 Å². The fourth-order valence-electron chi connectivity index (χ4n) is 6.45. The minimum atomic E-state index is -4.45. The van der Waals surface area contributed by atoms with Crippen LogP contribution in [0.2, 0.25) is 0 Å². The molecule has 0 aliphatic carbocycles. The molecule has 0 bridgehead atoms. The number of carbonyl (C=O) groups is 3. The van der Waals surface area contributed by atoms with Gasteiger partial charge in [-0.15, -0.1) is 0 Å². The standard InChI is InChI=1S/C18H26F3N3O.C17H24F3N3O.C11H15NO/c1-4-23-7-9-24(10-8-23)12-14-5-6-15(22-17(25)13(2)3)11-16(14)18(19,20)21;1-12(2)16(24)21-14-5-4-13(15(10-14)17(18,19)20)11-23-8-6-22(3)7-9-23;1-8(2)11(13)12-10-6-4-5-9(3)7-10/h5-6,11,13H,4,7-10,12H2,1-3H3,(H,22,25);4-5,10,12H,6-9,11H2,1-3H3,(H,21,24);4-8H,1-3H3,(H,12,13). The van der Waals surface area contributed by atoms with Gasteiger partial charge in [-0.2, -0.15) is 26.3 Å².